The average Bonchev–Trinajstić information content (AvgIpc) is 3.28. The van der Waals surface area contributed by atoms with Gasteiger partial charge in [0, 0.05) is 19.4 Å². The Kier molecular flexibility index (Phi) is 9.79. The van der Waals surface area contributed by atoms with E-state index in [1.54, 1.807) is 0 Å². The van der Waals surface area contributed by atoms with Gasteiger partial charge in [-0.1, -0.05) is 69.2 Å². The highest BCUT2D eigenvalue weighted by molar-refractivity contribution is 5.91. The Labute approximate surface area is 190 Å². The number of unbranched alkanes of at least 4 members (excludes halogenated alkanes) is 1. The zero-order valence-corrected chi connectivity index (χ0v) is 19.0. The third-order valence-corrected chi connectivity index (χ3v) is 6.40. The number of amides is 1. The molecule has 1 aromatic carbocycles. The maximum Gasteiger partial charge on any atom is 0.303 e. The molecule has 1 aromatic heterocycles. The van der Waals surface area contributed by atoms with Crippen LogP contribution in [-0.2, 0) is 24.1 Å². The van der Waals surface area contributed by atoms with E-state index in [1.807, 2.05) is 24.3 Å². The van der Waals surface area contributed by atoms with Crippen molar-refractivity contribution < 1.29 is 19.1 Å². The van der Waals surface area contributed by atoms with Crippen molar-refractivity contribution in [3.8, 4) is 0 Å². The topological polar surface area (TPSA) is 92.4 Å². The Morgan fingerprint density at radius 2 is 1.75 bits per heavy atom. The van der Waals surface area contributed by atoms with Crippen LogP contribution in [0, 0.1) is 5.92 Å². The number of aliphatic carboxylic acids is 1. The highest BCUT2D eigenvalue weighted by Crippen LogP contribution is 2.27. The minimum Gasteiger partial charge on any atom is -0.481 e. The van der Waals surface area contributed by atoms with Crippen LogP contribution < -0.4 is 5.32 Å². The molecule has 0 spiro atoms. The van der Waals surface area contributed by atoms with Crippen molar-refractivity contribution >= 4 is 11.9 Å². The molecule has 1 aliphatic rings. The van der Waals surface area contributed by atoms with Gasteiger partial charge >= 0.3 is 5.97 Å². The second-order valence-corrected chi connectivity index (χ2v) is 8.90. The largest absolute Gasteiger partial charge is 0.481 e. The molecule has 1 heterocycles. The quantitative estimate of drug-likeness (QED) is 0.410. The maximum absolute atomic E-state index is 12.3. The molecule has 0 unspecified atom stereocenters. The Balaban J connectivity index is 1.34. The van der Waals surface area contributed by atoms with Gasteiger partial charge in [-0.2, -0.15) is 0 Å². The molecule has 1 aliphatic carbocycles. The molecule has 1 fully saturated rings. The lowest BCUT2D eigenvalue weighted by Gasteiger charge is -2.21. The van der Waals surface area contributed by atoms with Crippen molar-refractivity contribution in [2.45, 2.75) is 83.5 Å². The molecule has 2 aromatic rings. The number of aromatic nitrogens is 1. The third-order valence-electron chi connectivity index (χ3n) is 6.40. The normalized spacial score (nSPS) is 14.4. The number of hydrogen-bond acceptors (Lipinski definition) is 4. The van der Waals surface area contributed by atoms with Crippen LogP contribution in [0.3, 0.4) is 0 Å². The van der Waals surface area contributed by atoms with Gasteiger partial charge in [0.2, 0.25) is 0 Å². The summed E-state index contributed by atoms with van der Waals surface area (Å²) in [6.45, 7) is 0.681. The van der Waals surface area contributed by atoms with E-state index >= 15 is 0 Å². The molecule has 6 nitrogen and oxygen atoms in total. The van der Waals surface area contributed by atoms with Crippen LogP contribution in [0.15, 0.2) is 34.9 Å². The summed E-state index contributed by atoms with van der Waals surface area (Å²) in [5.41, 5.74) is 2.58. The predicted molar refractivity (Wildman–Crippen MR) is 124 cm³/mol. The number of carbonyl (C=O) groups excluding carboxylic acids is 1. The van der Waals surface area contributed by atoms with Gasteiger partial charge in [0.05, 0.1) is 0 Å². The molecule has 1 amide bonds. The number of hydrogen-bond donors (Lipinski definition) is 2. The van der Waals surface area contributed by atoms with Gasteiger partial charge in [0.25, 0.3) is 5.91 Å². The summed E-state index contributed by atoms with van der Waals surface area (Å²) in [6.07, 6.45) is 14.8. The summed E-state index contributed by atoms with van der Waals surface area (Å²) in [5, 5.41) is 11.9. The van der Waals surface area contributed by atoms with E-state index in [-0.39, 0.29) is 12.3 Å². The van der Waals surface area contributed by atoms with Gasteiger partial charge in [-0.05, 0) is 42.7 Å². The molecule has 0 bridgehead atoms. The van der Waals surface area contributed by atoms with Crippen LogP contribution in [0.5, 0.6) is 0 Å². The van der Waals surface area contributed by atoms with Gasteiger partial charge in [0.1, 0.15) is 6.26 Å². The van der Waals surface area contributed by atoms with Crippen LogP contribution in [0.25, 0.3) is 0 Å². The fraction of sp³-hybridized carbons (Fsp3) is 0.577. The smallest absolute Gasteiger partial charge is 0.303 e. The SMILES string of the molecule is O=C(O)CCc1ccccc1CCCc1nc(C(=O)NCCCCC2CCCCC2)co1. The first-order valence-corrected chi connectivity index (χ1v) is 12.1. The van der Waals surface area contributed by atoms with E-state index in [0.29, 0.717) is 31.0 Å². The number of aryl methyl sites for hydroxylation is 3. The van der Waals surface area contributed by atoms with Gasteiger partial charge < -0.3 is 14.8 Å². The molecule has 1 saturated carbocycles. The number of benzene rings is 1. The van der Waals surface area contributed by atoms with Crippen LogP contribution in [0.2, 0.25) is 0 Å². The summed E-state index contributed by atoms with van der Waals surface area (Å²) < 4.78 is 5.49. The van der Waals surface area contributed by atoms with Crippen molar-refractivity contribution in [1.82, 2.24) is 10.3 Å². The van der Waals surface area contributed by atoms with Crippen molar-refractivity contribution in [2.24, 2.45) is 5.92 Å². The van der Waals surface area contributed by atoms with Crippen molar-refractivity contribution in [3.05, 3.63) is 53.2 Å². The number of nitrogens with one attached hydrogen (secondary N) is 1. The molecule has 32 heavy (non-hydrogen) atoms. The predicted octanol–water partition coefficient (Wildman–Crippen LogP) is 5.35. The molecule has 0 radical (unpaired) electrons. The lowest BCUT2D eigenvalue weighted by molar-refractivity contribution is -0.136. The second kappa shape index (κ2) is 13.0. The second-order valence-electron chi connectivity index (χ2n) is 8.90. The Hall–Kier alpha value is -2.63. The Morgan fingerprint density at radius 3 is 2.50 bits per heavy atom. The van der Waals surface area contributed by atoms with Crippen molar-refractivity contribution in [1.29, 1.82) is 0 Å². The van der Waals surface area contributed by atoms with Crippen molar-refractivity contribution in [2.75, 3.05) is 6.54 Å². The molecule has 0 atom stereocenters. The maximum atomic E-state index is 12.3. The fourth-order valence-corrected chi connectivity index (χ4v) is 4.57. The monoisotopic (exact) mass is 440 g/mol. The lowest BCUT2D eigenvalue weighted by atomic mass is 9.86. The third kappa shape index (κ3) is 8.13. The zero-order valence-electron chi connectivity index (χ0n) is 19.0. The van der Waals surface area contributed by atoms with Crippen LogP contribution in [0.1, 0.15) is 91.7 Å². The van der Waals surface area contributed by atoms with E-state index < -0.39 is 5.97 Å². The number of rotatable bonds is 13. The fourth-order valence-electron chi connectivity index (χ4n) is 4.57. The average molecular weight is 441 g/mol. The number of carboxylic acids is 1. The molecule has 6 heteroatoms. The Bertz CT molecular complexity index is 855. The first kappa shape index (κ1) is 24.0. The number of nitrogens with zero attached hydrogens (tertiary/aromatic N) is 1. The highest BCUT2D eigenvalue weighted by atomic mass is 16.4. The number of oxazole rings is 1. The Morgan fingerprint density at radius 1 is 1.00 bits per heavy atom. The van der Waals surface area contributed by atoms with Gasteiger partial charge in [-0.3, -0.25) is 9.59 Å². The summed E-state index contributed by atoms with van der Waals surface area (Å²) in [5.74, 6) is 0.503. The molecule has 0 saturated heterocycles. The van der Waals surface area contributed by atoms with E-state index in [2.05, 4.69) is 10.3 Å². The summed E-state index contributed by atoms with van der Waals surface area (Å²) in [7, 11) is 0. The number of carbonyl (C=O) groups is 2. The summed E-state index contributed by atoms with van der Waals surface area (Å²) >= 11 is 0. The molecule has 3 rings (SSSR count). The van der Waals surface area contributed by atoms with E-state index in [1.165, 1.54) is 51.2 Å². The van der Waals surface area contributed by atoms with Crippen LogP contribution >= 0.6 is 0 Å². The van der Waals surface area contributed by atoms with E-state index in [4.69, 9.17) is 9.52 Å². The standard InChI is InChI=1S/C26H36N2O4/c29-25(30)17-16-22-13-5-4-12-21(22)14-8-15-24-28-23(19-32-24)26(31)27-18-7-6-11-20-9-2-1-3-10-20/h4-5,12-13,19-20H,1-3,6-11,14-18H2,(H,27,31)(H,29,30). The molecular formula is C26H36N2O4. The summed E-state index contributed by atoms with van der Waals surface area (Å²) in [6, 6.07) is 7.94. The van der Waals surface area contributed by atoms with Gasteiger partial charge in [-0.15, -0.1) is 0 Å². The minimum atomic E-state index is -0.783. The summed E-state index contributed by atoms with van der Waals surface area (Å²) in [4.78, 5) is 27.5. The molecule has 0 aliphatic heterocycles. The highest BCUT2D eigenvalue weighted by Gasteiger charge is 2.14. The lowest BCUT2D eigenvalue weighted by Crippen LogP contribution is -2.24. The number of carboxylic acid groups (broad SMARTS) is 1. The van der Waals surface area contributed by atoms with Gasteiger partial charge in [-0.25, -0.2) is 4.98 Å². The van der Waals surface area contributed by atoms with E-state index in [9.17, 15) is 9.59 Å². The molecule has 2 N–H and O–H groups in total. The van der Waals surface area contributed by atoms with Crippen LogP contribution in [0.4, 0.5) is 0 Å². The van der Waals surface area contributed by atoms with Gasteiger partial charge in [0.15, 0.2) is 11.6 Å². The molecule has 174 valence electrons. The zero-order chi connectivity index (χ0) is 22.6. The van der Waals surface area contributed by atoms with Crippen LogP contribution in [-0.4, -0.2) is 28.5 Å². The first-order valence-electron chi connectivity index (χ1n) is 12.1. The molecular weight excluding hydrogens is 404 g/mol. The minimum absolute atomic E-state index is 0.135. The first-order chi connectivity index (χ1) is 15.6. The van der Waals surface area contributed by atoms with E-state index in [0.717, 1.165) is 36.3 Å². The van der Waals surface area contributed by atoms with Crippen molar-refractivity contribution in [3.63, 3.8) is 0 Å².